The zero-order valence-electron chi connectivity index (χ0n) is 7.92. The summed E-state index contributed by atoms with van der Waals surface area (Å²) >= 11 is 3.20. The highest BCUT2D eigenvalue weighted by molar-refractivity contribution is 9.10. The standard InChI is InChI=1S/C10H9BrN2O2/c11-6-2-3-7-8(14)12-10(4-1-5-10)13(7)9(6)15/h2-3H,1,4-5H2,(H,12,14). The molecular formula is C10H9BrN2O2. The number of nitrogens with zero attached hydrogens (tertiary/aromatic N) is 1. The van der Waals surface area contributed by atoms with Crippen LogP contribution in [0.15, 0.2) is 21.4 Å². The molecule has 15 heavy (non-hydrogen) atoms. The van der Waals surface area contributed by atoms with Crippen LogP contribution in [-0.4, -0.2) is 10.5 Å². The third-order valence-corrected chi connectivity index (χ3v) is 3.83. The van der Waals surface area contributed by atoms with Crippen molar-refractivity contribution in [2.75, 3.05) is 0 Å². The number of rotatable bonds is 0. The van der Waals surface area contributed by atoms with Crippen LogP contribution in [0.2, 0.25) is 0 Å². The second kappa shape index (κ2) is 2.72. The first-order valence-electron chi connectivity index (χ1n) is 4.89. The predicted octanol–water partition coefficient (Wildman–Crippen LogP) is 1.19. The maximum absolute atomic E-state index is 11.9. The molecule has 1 spiro atoms. The van der Waals surface area contributed by atoms with Crippen LogP contribution in [0.4, 0.5) is 0 Å². The lowest BCUT2D eigenvalue weighted by atomic mass is 9.85. The molecule has 1 fully saturated rings. The molecule has 1 aliphatic heterocycles. The summed E-state index contributed by atoms with van der Waals surface area (Å²) in [6, 6.07) is 3.32. The Bertz CT molecular complexity index is 517. The Morgan fingerprint density at radius 1 is 1.33 bits per heavy atom. The summed E-state index contributed by atoms with van der Waals surface area (Å²) in [6.45, 7) is 0. The number of halogens is 1. The lowest BCUT2D eigenvalue weighted by molar-refractivity contribution is 0.0789. The van der Waals surface area contributed by atoms with Gasteiger partial charge in [0.25, 0.3) is 11.5 Å². The predicted molar refractivity (Wildman–Crippen MR) is 57.7 cm³/mol. The summed E-state index contributed by atoms with van der Waals surface area (Å²) in [6.07, 6.45) is 2.75. The van der Waals surface area contributed by atoms with Gasteiger partial charge in [-0.2, -0.15) is 0 Å². The van der Waals surface area contributed by atoms with E-state index in [0.717, 1.165) is 19.3 Å². The fourth-order valence-corrected chi connectivity index (χ4v) is 2.62. The van der Waals surface area contributed by atoms with Gasteiger partial charge >= 0.3 is 0 Å². The van der Waals surface area contributed by atoms with Crippen molar-refractivity contribution in [3.05, 3.63) is 32.7 Å². The number of pyridine rings is 1. The van der Waals surface area contributed by atoms with Crippen molar-refractivity contribution < 1.29 is 4.79 Å². The molecule has 1 N–H and O–H groups in total. The Kier molecular flexibility index (Phi) is 1.66. The van der Waals surface area contributed by atoms with Crippen molar-refractivity contribution in [3.63, 3.8) is 0 Å². The molecule has 4 nitrogen and oxygen atoms in total. The number of nitrogens with one attached hydrogen (secondary N) is 1. The summed E-state index contributed by atoms with van der Waals surface area (Å²) in [5.41, 5.74) is -0.0683. The topological polar surface area (TPSA) is 51.1 Å². The number of carbonyl (C=O) groups is 1. The molecular weight excluding hydrogens is 260 g/mol. The maximum Gasteiger partial charge on any atom is 0.269 e. The fraction of sp³-hybridized carbons (Fsp3) is 0.400. The van der Waals surface area contributed by atoms with Crippen molar-refractivity contribution in [1.29, 1.82) is 0 Å². The smallest absolute Gasteiger partial charge is 0.269 e. The largest absolute Gasteiger partial charge is 0.327 e. The lowest BCUT2D eigenvalue weighted by Gasteiger charge is -2.39. The molecule has 1 aliphatic carbocycles. The van der Waals surface area contributed by atoms with Crippen LogP contribution in [0, 0.1) is 0 Å². The van der Waals surface area contributed by atoms with E-state index in [-0.39, 0.29) is 11.5 Å². The van der Waals surface area contributed by atoms with E-state index in [1.54, 1.807) is 16.7 Å². The van der Waals surface area contributed by atoms with Crippen LogP contribution in [0.5, 0.6) is 0 Å². The Morgan fingerprint density at radius 2 is 2.07 bits per heavy atom. The maximum atomic E-state index is 11.9. The molecule has 2 aliphatic rings. The average molecular weight is 269 g/mol. The number of hydrogen-bond donors (Lipinski definition) is 1. The highest BCUT2D eigenvalue weighted by Crippen LogP contribution is 2.39. The highest BCUT2D eigenvalue weighted by atomic mass is 79.9. The van der Waals surface area contributed by atoms with Crippen LogP contribution in [-0.2, 0) is 5.66 Å². The van der Waals surface area contributed by atoms with E-state index >= 15 is 0 Å². The summed E-state index contributed by atoms with van der Waals surface area (Å²) in [4.78, 5) is 23.6. The van der Waals surface area contributed by atoms with E-state index in [2.05, 4.69) is 21.2 Å². The van der Waals surface area contributed by atoms with Gasteiger partial charge < -0.3 is 5.32 Å². The number of aromatic nitrogens is 1. The molecule has 5 heteroatoms. The molecule has 0 radical (unpaired) electrons. The molecule has 1 saturated carbocycles. The van der Waals surface area contributed by atoms with Crippen LogP contribution >= 0.6 is 15.9 Å². The first-order chi connectivity index (χ1) is 7.14. The van der Waals surface area contributed by atoms with Gasteiger partial charge in [-0.1, -0.05) is 0 Å². The first kappa shape index (κ1) is 9.15. The second-order valence-corrected chi connectivity index (χ2v) is 4.90. The van der Waals surface area contributed by atoms with Crippen LogP contribution in [0.25, 0.3) is 0 Å². The lowest BCUT2D eigenvalue weighted by Crippen LogP contribution is -2.52. The van der Waals surface area contributed by atoms with Gasteiger partial charge in [0.2, 0.25) is 0 Å². The Balaban J connectivity index is 2.33. The molecule has 2 heterocycles. The molecule has 1 amide bonds. The van der Waals surface area contributed by atoms with E-state index in [1.165, 1.54) is 0 Å². The normalized spacial score (nSPS) is 21.0. The van der Waals surface area contributed by atoms with Crippen molar-refractivity contribution in [2.45, 2.75) is 24.9 Å². The van der Waals surface area contributed by atoms with Gasteiger partial charge in [-0.05, 0) is 47.3 Å². The Hall–Kier alpha value is -1.10. The van der Waals surface area contributed by atoms with Crippen LogP contribution in [0.3, 0.4) is 0 Å². The van der Waals surface area contributed by atoms with Gasteiger partial charge in [0, 0.05) is 0 Å². The van der Waals surface area contributed by atoms with Gasteiger partial charge in [-0.3, -0.25) is 14.2 Å². The van der Waals surface area contributed by atoms with Gasteiger partial charge in [0.05, 0.1) is 4.47 Å². The summed E-state index contributed by atoms with van der Waals surface area (Å²) in [5.74, 6) is -0.140. The Labute approximate surface area is 94.4 Å². The molecule has 1 aromatic heterocycles. The SMILES string of the molecule is O=C1NC2(CCC2)n2c1ccc(Br)c2=O. The molecule has 0 atom stereocenters. The van der Waals surface area contributed by atoms with E-state index < -0.39 is 5.66 Å². The monoisotopic (exact) mass is 268 g/mol. The van der Waals surface area contributed by atoms with Crippen LogP contribution < -0.4 is 10.9 Å². The molecule has 1 aromatic rings. The third-order valence-electron chi connectivity index (χ3n) is 3.22. The van der Waals surface area contributed by atoms with Gasteiger partial charge in [0.15, 0.2) is 0 Å². The molecule has 0 aromatic carbocycles. The number of hydrogen-bond acceptors (Lipinski definition) is 2. The summed E-state index contributed by atoms with van der Waals surface area (Å²) in [5, 5.41) is 2.90. The number of carbonyl (C=O) groups excluding carboxylic acids is 1. The molecule has 0 saturated heterocycles. The van der Waals surface area contributed by atoms with Crippen molar-refractivity contribution in [1.82, 2.24) is 9.88 Å². The van der Waals surface area contributed by atoms with E-state index in [0.29, 0.717) is 10.2 Å². The summed E-state index contributed by atoms with van der Waals surface area (Å²) in [7, 11) is 0. The van der Waals surface area contributed by atoms with Crippen LogP contribution in [0.1, 0.15) is 29.8 Å². The highest BCUT2D eigenvalue weighted by Gasteiger charge is 2.47. The van der Waals surface area contributed by atoms with Gasteiger partial charge in [0.1, 0.15) is 11.4 Å². The quantitative estimate of drug-likeness (QED) is 0.769. The first-order valence-corrected chi connectivity index (χ1v) is 5.68. The third kappa shape index (κ3) is 1.01. The van der Waals surface area contributed by atoms with E-state index in [9.17, 15) is 9.59 Å². The molecule has 3 rings (SSSR count). The molecule has 78 valence electrons. The zero-order valence-corrected chi connectivity index (χ0v) is 9.50. The van der Waals surface area contributed by atoms with E-state index in [1.807, 2.05) is 0 Å². The van der Waals surface area contributed by atoms with Gasteiger partial charge in [-0.15, -0.1) is 0 Å². The minimum atomic E-state index is -0.423. The van der Waals surface area contributed by atoms with Gasteiger partial charge in [-0.25, -0.2) is 0 Å². The molecule has 0 unspecified atom stereocenters. The number of amides is 1. The minimum Gasteiger partial charge on any atom is -0.327 e. The fourth-order valence-electron chi connectivity index (χ4n) is 2.31. The minimum absolute atomic E-state index is 0.120. The second-order valence-electron chi connectivity index (χ2n) is 4.05. The summed E-state index contributed by atoms with van der Waals surface area (Å²) < 4.78 is 2.11. The van der Waals surface area contributed by atoms with E-state index in [4.69, 9.17) is 0 Å². The van der Waals surface area contributed by atoms with Crippen molar-refractivity contribution in [3.8, 4) is 0 Å². The Morgan fingerprint density at radius 3 is 2.67 bits per heavy atom. The number of fused-ring (bicyclic) bond motifs is 2. The van der Waals surface area contributed by atoms with Crippen molar-refractivity contribution in [2.24, 2.45) is 0 Å². The van der Waals surface area contributed by atoms with Crippen molar-refractivity contribution >= 4 is 21.8 Å². The average Bonchev–Trinajstić information content (AvgIpc) is 2.46. The zero-order chi connectivity index (χ0) is 10.6. The molecule has 0 bridgehead atoms.